The lowest BCUT2D eigenvalue weighted by Crippen LogP contribution is -2.30. The molecule has 1 aromatic heterocycles. The highest BCUT2D eigenvalue weighted by Crippen LogP contribution is 2.13. The van der Waals surface area contributed by atoms with Crippen molar-refractivity contribution in [3.8, 4) is 0 Å². The molecule has 1 heterocycles. The van der Waals surface area contributed by atoms with E-state index in [9.17, 15) is 9.90 Å². The van der Waals surface area contributed by atoms with Crippen LogP contribution in [0.5, 0.6) is 0 Å². The minimum absolute atomic E-state index is 0.0926. The Balaban J connectivity index is 1.83. The summed E-state index contributed by atoms with van der Waals surface area (Å²) in [7, 11) is 0. The Kier molecular flexibility index (Phi) is 5.58. The van der Waals surface area contributed by atoms with Crippen LogP contribution in [0.3, 0.4) is 0 Å². The Morgan fingerprint density at radius 3 is 2.52 bits per heavy atom. The van der Waals surface area contributed by atoms with Crippen LogP contribution in [-0.2, 0) is 17.6 Å². The van der Waals surface area contributed by atoms with E-state index >= 15 is 0 Å². The molecule has 4 nitrogen and oxygen atoms in total. The molecule has 0 bridgehead atoms. The lowest BCUT2D eigenvalue weighted by molar-refractivity contribution is -0.122. The summed E-state index contributed by atoms with van der Waals surface area (Å²) in [5.74, 6) is 0.475. The molecule has 0 saturated heterocycles. The Labute approximate surface area is 124 Å². The van der Waals surface area contributed by atoms with Gasteiger partial charge in [0.15, 0.2) is 0 Å². The highest BCUT2D eigenvalue weighted by Gasteiger charge is 2.15. The van der Waals surface area contributed by atoms with Crippen molar-refractivity contribution in [1.82, 2.24) is 5.32 Å². The molecule has 21 heavy (non-hydrogen) atoms. The monoisotopic (exact) mass is 287 g/mol. The molecule has 0 aliphatic carbocycles. The maximum absolute atomic E-state index is 11.9. The van der Waals surface area contributed by atoms with Crippen molar-refractivity contribution in [3.05, 3.63) is 59.5 Å². The second-order valence-corrected chi connectivity index (χ2v) is 4.99. The van der Waals surface area contributed by atoms with Crippen LogP contribution in [0.4, 0.5) is 0 Å². The van der Waals surface area contributed by atoms with Gasteiger partial charge < -0.3 is 14.8 Å². The number of carbonyl (C=O) groups is 1. The Bertz CT molecular complexity index is 546. The fraction of sp³-hybridized carbons (Fsp3) is 0.353. The van der Waals surface area contributed by atoms with E-state index in [0.29, 0.717) is 18.6 Å². The lowest BCUT2D eigenvalue weighted by atomic mass is 10.1. The first-order chi connectivity index (χ1) is 10.2. The summed E-state index contributed by atoms with van der Waals surface area (Å²) in [4.78, 5) is 11.9. The first kappa shape index (κ1) is 15.3. The number of aryl methyl sites for hydroxylation is 2. The van der Waals surface area contributed by atoms with E-state index in [0.717, 1.165) is 12.0 Å². The van der Waals surface area contributed by atoms with Crippen LogP contribution < -0.4 is 5.32 Å². The highest BCUT2D eigenvalue weighted by molar-refractivity contribution is 5.76. The van der Waals surface area contributed by atoms with Crippen molar-refractivity contribution in [2.75, 3.05) is 6.61 Å². The van der Waals surface area contributed by atoms with Gasteiger partial charge in [0, 0.05) is 6.42 Å². The molecule has 0 aliphatic heterocycles. The van der Waals surface area contributed by atoms with Crippen molar-refractivity contribution < 1.29 is 14.3 Å². The number of furan rings is 1. The number of nitrogens with one attached hydrogen (secondary N) is 1. The van der Waals surface area contributed by atoms with Gasteiger partial charge in [-0.05, 0) is 36.1 Å². The molecule has 112 valence electrons. The molecule has 1 amide bonds. The molecule has 1 aromatic carbocycles. The van der Waals surface area contributed by atoms with Crippen molar-refractivity contribution in [2.45, 2.75) is 32.2 Å². The summed E-state index contributed by atoms with van der Waals surface area (Å²) in [5, 5.41) is 12.1. The van der Waals surface area contributed by atoms with E-state index in [1.165, 1.54) is 11.8 Å². The topological polar surface area (TPSA) is 62.5 Å². The average molecular weight is 287 g/mol. The van der Waals surface area contributed by atoms with Crippen LogP contribution in [0.1, 0.15) is 36.3 Å². The van der Waals surface area contributed by atoms with E-state index in [1.54, 1.807) is 12.1 Å². The number of aliphatic hydroxyl groups excluding tert-OH is 1. The zero-order valence-corrected chi connectivity index (χ0v) is 12.2. The molecule has 2 aromatic rings. The number of carbonyl (C=O) groups excluding carboxylic acids is 1. The van der Waals surface area contributed by atoms with Gasteiger partial charge in [-0.2, -0.15) is 0 Å². The van der Waals surface area contributed by atoms with Gasteiger partial charge in [0.05, 0.1) is 12.9 Å². The standard InChI is InChI=1S/C17H21NO3/c1-2-13-5-7-14(8-6-13)9-10-17(20)18-15(12-19)16-4-3-11-21-16/h3-8,11,15,19H,2,9-10,12H2,1H3,(H,18,20). The van der Waals surface area contributed by atoms with Gasteiger partial charge in [0.2, 0.25) is 5.91 Å². The molecule has 0 spiro atoms. The maximum atomic E-state index is 11.9. The molecule has 1 unspecified atom stereocenters. The van der Waals surface area contributed by atoms with Gasteiger partial charge in [-0.3, -0.25) is 4.79 Å². The lowest BCUT2D eigenvalue weighted by Gasteiger charge is -2.13. The molecule has 0 aliphatic rings. The molecular weight excluding hydrogens is 266 g/mol. The third-order valence-corrected chi connectivity index (χ3v) is 3.48. The molecule has 0 fully saturated rings. The number of hydrogen-bond donors (Lipinski definition) is 2. The Morgan fingerprint density at radius 2 is 1.95 bits per heavy atom. The summed E-state index contributed by atoms with van der Waals surface area (Å²) in [5.41, 5.74) is 2.43. The first-order valence-corrected chi connectivity index (χ1v) is 7.24. The van der Waals surface area contributed by atoms with Crippen LogP contribution in [0.25, 0.3) is 0 Å². The Morgan fingerprint density at radius 1 is 1.24 bits per heavy atom. The molecule has 2 N–H and O–H groups in total. The van der Waals surface area contributed by atoms with E-state index in [-0.39, 0.29) is 12.5 Å². The number of amides is 1. The number of hydrogen-bond acceptors (Lipinski definition) is 3. The molecule has 1 atom stereocenters. The zero-order valence-electron chi connectivity index (χ0n) is 12.2. The van der Waals surface area contributed by atoms with Crippen molar-refractivity contribution in [2.24, 2.45) is 0 Å². The van der Waals surface area contributed by atoms with Crippen molar-refractivity contribution in [1.29, 1.82) is 0 Å². The van der Waals surface area contributed by atoms with Crippen LogP contribution in [0, 0.1) is 0 Å². The normalized spacial score (nSPS) is 12.1. The predicted octanol–water partition coefficient (Wildman–Crippen LogP) is 2.62. The number of aliphatic hydroxyl groups is 1. The van der Waals surface area contributed by atoms with Gasteiger partial charge in [0.1, 0.15) is 11.8 Å². The number of rotatable bonds is 7. The van der Waals surface area contributed by atoms with Crippen molar-refractivity contribution in [3.63, 3.8) is 0 Å². The van der Waals surface area contributed by atoms with Gasteiger partial charge in [0.25, 0.3) is 0 Å². The third kappa shape index (κ3) is 4.46. The predicted molar refractivity (Wildman–Crippen MR) is 80.8 cm³/mol. The summed E-state index contributed by atoms with van der Waals surface area (Å²) >= 11 is 0. The van der Waals surface area contributed by atoms with Crippen molar-refractivity contribution >= 4 is 5.91 Å². The summed E-state index contributed by atoms with van der Waals surface area (Å²) in [6.45, 7) is 1.94. The minimum Gasteiger partial charge on any atom is -0.467 e. The van der Waals surface area contributed by atoms with E-state index in [1.807, 2.05) is 0 Å². The Hall–Kier alpha value is -2.07. The third-order valence-electron chi connectivity index (χ3n) is 3.48. The van der Waals surface area contributed by atoms with Crippen LogP contribution >= 0.6 is 0 Å². The van der Waals surface area contributed by atoms with Gasteiger partial charge in [-0.1, -0.05) is 31.2 Å². The van der Waals surface area contributed by atoms with E-state index < -0.39 is 6.04 Å². The first-order valence-electron chi connectivity index (χ1n) is 7.24. The second-order valence-electron chi connectivity index (χ2n) is 4.99. The zero-order chi connectivity index (χ0) is 15.1. The fourth-order valence-corrected chi connectivity index (χ4v) is 2.16. The van der Waals surface area contributed by atoms with E-state index in [4.69, 9.17) is 4.42 Å². The largest absolute Gasteiger partial charge is 0.467 e. The molecule has 0 saturated carbocycles. The van der Waals surface area contributed by atoms with Crippen LogP contribution in [0.15, 0.2) is 47.1 Å². The highest BCUT2D eigenvalue weighted by atomic mass is 16.3. The SMILES string of the molecule is CCc1ccc(CCC(=O)NC(CO)c2ccco2)cc1. The quantitative estimate of drug-likeness (QED) is 0.823. The van der Waals surface area contributed by atoms with E-state index in [2.05, 4.69) is 36.5 Å². The van der Waals surface area contributed by atoms with Gasteiger partial charge in [-0.15, -0.1) is 0 Å². The van der Waals surface area contributed by atoms with Crippen LogP contribution in [0.2, 0.25) is 0 Å². The maximum Gasteiger partial charge on any atom is 0.220 e. The van der Waals surface area contributed by atoms with Gasteiger partial charge in [-0.25, -0.2) is 0 Å². The molecular formula is C17H21NO3. The summed E-state index contributed by atoms with van der Waals surface area (Å²) in [6, 6.07) is 11.3. The molecule has 0 radical (unpaired) electrons. The van der Waals surface area contributed by atoms with Crippen LogP contribution in [-0.4, -0.2) is 17.6 Å². The average Bonchev–Trinajstić information content (AvgIpc) is 3.05. The molecule has 4 heteroatoms. The smallest absolute Gasteiger partial charge is 0.220 e. The summed E-state index contributed by atoms with van der Waals surface area (Å²) < 4.78 is 5.20. The number of benzene rings is 1. The second kappa shape index (κ2) is 7.64. The van der Waals surface area contributed by atoms with Gasteiger partial charge >= 0.3 is 0 Å². The fourth-order valence-electron chi connectivity index (χ4n) is 2.16. The minimum atomic E-state index is -0.477. The summed E-state index contributed by atoms with van der Waals surface area (Å²) in [6.07, 6.45) is 3.62. The molecule has 2 rings (SSSR count).